The second-order valence-electron chi connectivity index (χ2n) is 5.64. The maximum absolute atomic E-state index is 13.0. The standard InChI is InChI=1S/C15H16F5NO4/c1-24-9-3-2-8(12(4-9)25-14(16)17)5-21-6-10(13(22)23)11(7-21)15(18,19)20/h2-4,10-11,14H,5-7H2,1H3,(H,22,23)/t10-,11-/m1/s1. The average Bonchev–Trinajstić information content (AvgIpc) is 2.93. The van der Waals surface area contributed by atoms with Crippen LogP contribution in [0.25, 0.3) is 0 Å². The number of benzene rings is 1. The first-order valence-electron chi connectivity index (χ1n) is 7.25. The van der Waals surface area contributed by atoms with Gasteiger partial charge in [-0.25, -0.2) is 0 Å². The van der Waals surface area contributed by atoms with Crippen LogP contribution in [-0.4, -0.2) is 49.0 Å². The number of carbonyl (C=O) groups is 1. The minimum atomic E-state index is -4.65. The van der Waals surface area contributed by atoms with Crippen molar-refractivity contribution in [1.82, 2.24) is 4.90 Å². The van der Waals surface area contributed by atoms with Gasteiger partial charge in [0.1, 0.15) is 11.5 Å². The lowest BCUT2D eigenvalue weighted by atomic mass is 9.96. The molecule has 1 aliphatic rings. The number of alkyl halides is 5. The van der Waals surface area contributed by atoms with E-state index in [1.807, 2.05) is 0 Å². The summed E-state index contributed by atoms with van der Waals surface area (Å²) in [5.74, 6) is -5.13. The number of hydrogen-bond acceptors (Lipinski definition) is 4. The molecule has 0 bridgehead atoms. The molecular weight excluding hydrogens is 353 g/mol. The molecule has 0 aromatic heterocycles. The molecule has 0 spiro atoms. The third kappa shape index (κ3) is 4.71. The molecule has 0 aliphatic carbocycles. The van der Waals surface area contributed by atoms with Crippen LogP contribution in [0.15, 0.2) is 18.2 Å². The molecule has 10 heteroatoms. The molecule has 0 saturated carbocycles. The molecule has 1 heterocycles. The normalized spacial score (nSPS) is 21.6. The molecule has 0 amide bonds. The molecule has 140 valence electrons. The fourth-order valence-corrected chi connectivity index (χ4v) is 2.84. The Kier molecular flexibility index (Phi) is 5.71. The van der Waals surface area contributed by atoms with Gasteiger partial charge in [0.2, 0.25) is 0 Å². The quantitative estimate of drug-likeness (QED) is 0.782. The highest BCUT2D eigenvalue weighted by molar-refractivity contribution is 5.71. The van der Waals surface area contributed by atoms with Crippen LogP contribution in [0.1, 0.15) is 5.56 Å². The Bertz CT molecular complexity index is 622. The minimum Gasteiger partial charge on any atom is -0.497 e. The van der Waals surface area contributed by atoms with Crippen molar-refractivity contribution in [3.63, 3.8) is 0 Å². The maximum Gasteiger partial charge on any atom is 0.393 e. The summed E-state index contributed by atoms with van der Waals surface area (Å²) in [6.07, 6.45) is -4.65. The third-order valence-electron chi connectivity index (χ3n) is 4.02. The van der Waals surface area contributed by atoms with Gasteiger partial charge in [0.05, 0.1) is 18.9 Å². The molecule has 0 unspecified atom stereocenters. The molecule has 1 N–H and O–H groups in total. The fourth-order valence-electron chi connectivity index (χ4n) is 2.84. The molecule has 2 atom stereocenters. The lowest BCUT2D eigenvalue weighted by molar-refractivity contribution is -0.188. The Labute approximate surface area is 139 Å². The predicted octanol–water partition coefficient (Wildman–Crippen LogP) is 2.99. The smallest absolute Gasteiger partial charge is 0.393 e. The van der Waals surface area contributed by atoms with Gasteiger partial charge in [0.15, 0.2) is 0 Å². The van der Waals surface area contributed by atoms with E-state index in [2.05, 4.69) is 4.74 Å². The molecule has 25 heavy (non-hydrogen) atoms. The van der Waals surface area contributed by atoms with E-state index in [1.54, 1.807) is 0 Å². The van der Waals surface area contributed by atoms with Crippen LogP contribution in [0, 0.1) is 11.8 Å². The predicted molar refractivity (Wildman–Crippen MR) is 75.6 cm³/mol. The van der Waals surface area contributed by atoms with E-state index < -0.39 is 37.1 Å². The molecule has 1 aromatic carbocycles. The lowest BCUT2D eigenvalue weighted by Gasteiger charge is -2.19. The molecule has 1 aromatic rings. The minimum absolute atomic E-state index is 0.150. The monoisotopic (exact) mass is 369 g/mol. The molecule has 1 aliphatic heterocycles. The number of likely N-dealkylation sites (tertiary alicyclic amines) is 1. The van der Waals surface area contributed by atoms with E-state index in [0.29, 0.717) is 0 Å². The Hall–Kier alpha value is -2.10. The van der Waals surface area contributed by atoms with Crippen LogP contribution in [0.3, 0.4) is 0 Å². The number of carboxylic acid groups (broad SMARTS) is 1. The zero-order chi connectivity index (χ0) is 18.8. The number of carboxylic acids is 1. The van der Waals surface area contributed by atoms with E-state index in [1.165, 1.54) is 30.2 Å². The van der Waals surface area contributed by atoms with Gasteiger partial charge >= 0.3 is 18.8 Å². The number of halogens is 5. The van der Waals surface area contributed by atoms with Crippen molar-refractivity contribution < 1.29 is 41.3 Å². The second-order valence-corrected chi connectivity index (χ2v) is 5.64. The Morgan fingerprint density at radius 3 is 2.52 bits per heavy atom. The van der Waals surface area contributed by atoms with Gasteiger partial charge in [-0.1, -0.05) is 6.07 Å². The van der Waals surface area contributed by atoms with Crippen molar-refractivity contribution in [2.45, 2.75) is 19.3 Å². The van der Waals surface area contributed by atoms with E-state index in [-0.39, 0.29) is 30.2 Å². The molecule has 2 rings (SSSR count). The van der Waals surface area contributed by atoms with Crippen molar-refractivity contribution in [1.29, 1.82) is 0 Å². The van der Waals surface area contributed by atoms with Gasteiger partial charge in [-0.2, -0.15) is 22.0 Å². The van der Waals surface area contributed by atoms with Crippen LogP contribution < -0.4 is 9.47 Å². The molecule has 5 nitrogen and oxygen atoms in total. The van der Waals surface area contributed by atoms with Gasteiger partial charge in [-0.3, -0.25) is 9.69 Å². The lowest BCUT2D eigenvalue weighted by Crippen LogP contribution is -2.33. The zero-order valence-electron chi connectivity index (χ0n) is 13.1. The molecule has 0 radical (unpaired) electrons. The van der Waals surface area contributed by atoms with Crippen molar-refractivity contribution >= 4 is 5.97 Å². The largest absolute Gasteiger partial charge is 0.497 e. The summed E-state index contributed by atoms with van der Waals surface area (Å²) in [4.78, 5) is 12.3. The van der Waals surface area contributed by atoms with Crippen LogP contribution in [-0.2, 0) is 11.3 Å². The number of nitrogens with zero attached hydrogens (tertiary/aromatic N) is 1. The Morgan fingerprint density at radius 1 is 1.36 bits per heavy atom. The third-order valence-corrected chi connectivity index (χ3v) is 4.02. The van der Waals surface area contributed by atoms with Gasteiger partial charge in [-0.15, -0.1) is 0 Å². The average molecular weight is 369 g/mol. The number of aliphatic carboxylic acids is 1. The first-order chi connectivity index (χ1) is 11.6. The highest BCUT2D eigenvalue weighted by atomic mass is 19.4. The van der Waals surface area contributed by atoms with Gasteiger partial charge in [0.25, 0.3) is 0 Å². The first kappa shape index (κ1) is 19.2. The summed E-state index contributed by atoms with van der Waals surface area (Å²) in [5, 5.41) is 9.01. The Balaban J connectivity index is 2.20. The van der Waals surface area contributed by atoms with Crippen LogP contribution >= 0.6 is 0 Å². The van der Waals surface area contributed by atoms with E-state index in [9.17, 15) is 26.7 Å². The Morgan fingerprint density at radius 2 is 2.04 bits per heavy atom. The van der Waals surface area contributed by atoms with Crippen LogP contribution in [0.4, 0.5) is 22.0 Å². The van der Waals surface area contributed by atoms with E-state index in [0.717, 1.165) is 0 Å². The summed E-state index contributed by atoms with van der Waals surface area (Å²) in [7, 11) is 1.33. The number of methoxy groups -OCH3 is 1. The zero-order valence-corrected chi connectivity index (χ0v) is 13.1. The molecular formula is C15H16F5NO4. The maximum atomic E-state index is 13.0. The first-order valence-corrected chi connectivity index (χ1v) is 7.25. The van der Waals surface area contributed by atoms with Gasteiger partial charge < -0.3 is 14.6 Å². The SMILES string of the molecule is COc1ccc(CN2C[C@@H](C(F)(F)F)[C@H](C(=O)O)C2)c(OC(F)F)c1. The summed E-state index contributed by atoms with van der Waals surface area (Å²) < 4.78 is 73.4. The number of hydrogen-bond donors (Lipinski definition) is 1. The number of rotatable bonds is 6. The van der Waals surface area contributed by atoms with Crippen LogP contribution in [0.2, 0.25) is 0 Å². The van der Waals surface area contributed by atoms with Gasteiger partial charge in [0, 0.05) is 31.3 Å². The van der Waals surface area contributed by atoms with Crippen molar-refractivity contribution in [2.75, 3.05) is 20.2 Å². The summed E-state index contributed by atoms with van der Waals surface area (Å²) in [6.45, 7) is -4.12. The van der Waals surface area contributed by atoms with E-state index >= 15 is 0 Å². The van der Waals surface area contributed by atoms with Gasteiger partial charge in [-0.05, 0) is 6.07 Å². The summed E-state index contributed by atoms with van der Waals surface area (Å²) >= 11 is 0. The number of ether oxygens (including phenoxy) is 2. The van der Waals surface area contributed by atoms with Crippen molar-refractivity contribution in [2.24, 2.45) is 11.8 Å². The fraction of sp³-hybridized carbons (Fsp3) is 0.533. The molecule has 1 saturated heterocycles. The van der Waals surface area contributed by atoms with E-state index in [4.69, 9.17) is 9.84 Å². The van der Waals surface area contributed by atoms with Crippen molar-refractivity contribution in [3.05, 3.63) is 23.8 Å². The summed E-state index contributed by atoms with van der Waals surface area (Å²) in [6, 6.07) is 4.06. The second kappa shape index (κ2) is 7.42. The highest BCUT2D eigenvalue weighted by Crippen LogP contribution is 2.39. The molecule has 1 fully saturated rings. The summed E-state index contributed by atoms with van der Waals surface area (Å²) in [5.41, 5.74) is 0.216. The van der Waals surface area contributed by atoms with Crippen molar-refractivity contribution in [3.8, 4) is 11.5 Å². The van der Waals surface area contributed by atoms with Crippen LogP contribution in [0.5, 0.6) is 11.5 Å². The highest BCUT2D eigenvalue weighted by Gasteiger charge is 2.52. The topological polar surface area (TPSA) is 59.0 Å².